The van der Waals surface area contributed by atoms with Crippen LogP contribution in [0.1, 0.15) is 123 Å². The molecule has 6 amide bonds. The molecule has 3 aliphatic heterocycles. The lowest BCUT2D eigenvalue weighted by Gasteiger charge is -2.40. The Labute approximate surface area is 335 Å². The zero-order valence-electron chi connectivity index (χ0n) is 34.3. The highest BCUT2D eigenvalue weighted by Crippen LogP contribution is 2.46. The maximum atomic E-state index is 15.2. The molecule has 1 aromatic heterocycles. The van der Waals surface area contributed by atoms with Gasteiger partial charge in [0, 0.05) is 37.9 Å². The molecule has 2 aliphatic carbocycles. The Hall–Kier alpha value is -4.47. The molecular formula is C41H61N9O7. The van der Waals surface area contributed by atoms with E-state index in [0.717, 1.165) is 51.4 Å². The van der Waals surface area contributed by atoms with Crippen LogP contribution in [0, 0.1) is 17.3 Å². The summed E-state index contributed by atoms with van der Waals surface area (Å²) < 4.78 is 0. The highest BCUT2D eigenvalue weighted by Gasteiger charge is 2.64. The Morgan fingerprint density at radius 1 is 0.930 bits per heavy atom. The van der Waals surface area contributed by atoms with Crippen LogP contribution >= 0.6 is 0 Å². The fourth-order valence-corrected chi connectivity index (χ4v) is 9.40. The zero-order chi connectivity index (χ0) is 41.2. The summed E-state index contributed by atoms with van der Waals surface area (Å²) in [7, 11) is 0. The number of fused-ring (bicyclic) bond motifs is 2. The first-order chi connectivity index (χ1) is 27.0. The van der Waals surface area contributed by atoms with E-state index in [-0.39, 0.29) is 54.9 Å². The van der Waals surface area contributed by atoms with E-state index in [2.05, 4.69) is 36.1 Å². The van der Waals surface area contributed by atoms with Gasteiger partial charge in [-0.1, -0.05) is 53.9 Å². The normalized spacial score (nSPS) is 25.6. The minimum Gasteiger partial charge on any atom is -0.347 e. The molecule has 4 heterocycles. The van der Waals surface area contributed by atoms with Crippen LogP contribution in [0.15, 0.2) is 18.6 Å². The Morgan fingerprint density at radius 2 is 1.65 bits per heavy atom. The molecule has 5 fully saturated rings. The SMILES string of the molecule is CCN1C(=O)[C@H]2CCCN2C12C[C@@H](C(=O)NC(CC(C)C)C(=O)C(=O)NC1CC1)N(C(=O)[C@@H](NC(=O)[C@@H](NC(=O)c1cnccn1)C1CCCCC1)C(C)(C)C)C2. The van der Waals surface area contributed by atoms with Gasteiger partial charge in [-0.15, -0.1) is 0 Å². The van der Waals surface area contributed by atoms with Gasteiger partial charge in [0.25, 0.3) is 11.8 Å². The van der Waals surface area contributed by atoms with Crippen molar-refractivity contribution in [2.24, 2.45) is 17.3 Å². The van der Waals surface area contributed by atoms with Gasteiger partial charge in [0.15, 0.2) is 0 Å². The smallest absolute Gasteiger partial charge is 0.289 e. The molecule has 5 aliphatic rings. The number of carbonyl (C=O) groups is 7. The van der Waals surface area contributed by atoms with Crippen molar-refractivity contribution >= 4 is 41.2 Å². The van der Waals surface area contributed by atoms with Crippen LogP contribution in [0.4, 0.5) is 0 Å². The van der Waals surface area contributed by atoms with Crippen molar-refractivity contribution in [3.8, 4) is 0 Å². The molecule has 2 saturated carbocycles. The Balaban J connectivity index is 1.32. The van der Waals surface area contributed by atoms with Crippen LogP contribution in [-0.2, 0) is 28.8 Å². The van der Waals surface area contributed by atoms with E-state index >= 15 is 4.79 Å². The van der Waals surface area contributed by atoms with Crippen LogP contribution < -0.4 is 21.3 Å². The van der Waals surface area contributed by atoms with Gasteiger partial charge in [-0.2, -0.15) is 0 Å². The predicted molar refractivity (Wildman–Crippen MR) is 209 cm³/mol. The fraction of sp³-hybridized carbons (Fsp3) is 0.732. The molecule has 2 unspecified atom stereocenters. The van der Waals surface area contributed by atoms with Crippen LogP contribution in [0.25, 0.3) is 0 Å². The van der Waals surface area contributed by atoms with Gasteiger partial charge in [0.2, 0.25) is 29.4 Å². The van der Waals surface area contributed by atoms with Gasteiger partial charge >= 0.3 is 0 Å². The summed E-state index contributed by atoms with van der Waals surface area (Å²) >= 11 is 0. The largest absolute Gasteiger partial charge is 0.347 e. The van der Waals surface area contributed by atoms with Crippen molar-refractivity contribution < 1.29 is 33.6 Å². The highest BCUT2D eigenvalue weighted by molar-refractivity contribution is 6.38. The van der Waals surface area contributed by atoms with E-state index in [9.17, 15) is 28.8 Å². The predicted octanol–water partition coefficient (Wildman–Crippen LogP) is 1.69. The van der Waals surface area contributed by atoms with Gasteiger partial charge in [-0.25, -0.2) is 4.98 Å². The van der Waals surface area contributed by atoms with Gasteiger partial charge in [-0.3, -0.25) is 43.4 Å². The van der Waals surface area contributed by atoms with Gasteiger partial charge < -0.3 is 31.1 Å². The van der Waals surface area contributed by atoms with E-state index in [0.29, 0.717) is 19.5 Å². The molecule has 16 nitrogen and oxygen atoms in total. The number of hydrogen-bond donors (Lipinski definition) is 4. The third-order valence-electron chi connectivity index (χ3n) is 12.4. The molecule has 6 atom stereocenters. The summed E-state index contributed by atoms with van der Waals surface area (Å²) in [5.74, 6) is -3.91. The lowest BCUT2D eigenvalue weighted by atomic mass is 9.82. The average molecular weight is 792 g/mol. The standard InChI is InChI=1S/C41H61N9O7/c1-7-49-38(56)29-14-11-19-50(29)41(49)21-30(35(53)45-27(20-24(2)3)32(51)37(55)44-26-15-16-26)48(23-41)39(57)33(40(4,5)6)47-36(54)31(25-12-9-8-10-13-25)46-34(52)28-22-42-17-18-43-28/h17-18,22,24-27,29-31,33H,7-16,19-21,23H2,1-6H3,(H,44,55)(H,45,53)(H,46,52)(H,47,54)/t27?,29-,30+,31+,33-,41?/m1/s1. The number of nitrogens with one attached hydrogen (secondary N) is 4. The minimum absolute atomic E-state index is 0.0167. The summed E-state index contributed by atoms with van der Waals surface area (Å²) in [6.07, 6.45) is 11.8. The zero-order valence-corrected chi connectivity index (χ0v) is 34.3. The summed E-state index contributed by atoms with van der Waals surface area (Å²) in [5, 5.41) is 11.5. The molecule has 0 aromatic carbocycles. The van der Waals surface area contributed by atoms with E-state index in [1.807, 2.05) is 41.5 Å². The lowest BCUT2D eigenvalue weighted by Crippen LogP contribution is -2.62. The molecule has 6 rings (SSSR count). The summed E-state index contributed by atoms with van der Waals surface area (Å²) in [6.45, 7) is 12.2. The number of amides is 6. The van der Waals surface area contributed by atoms with Gasteiger partial charge in [0.1, 0.15) is 29.5 Å². The maximum absolute atomic E-state index is 15.2. The molecule has 16 heteroatoms. The van der Waals surface area contributed by atoms with Crippen molar-refractivity contribution in [3.63, 3.8) is 0 Å². The van der Waals surface area contributed by atoms with Crippen molar-refractivity contribution in [1.29, 1.82) is 0 Å². The Bertz CT molecular complexity index is 1710. The first-order valence-corrected chi connectivity index (χ1v) is 21.0. The molecule has 4 N–H and O–H groups in total. The van der Waals surface area contributed by atoms with Crippen LogP contribution in [0.5, 0.6) is 0 Å². The second-order valence-electron chi connectivity index (χ2n) is 18.2. The van der Waals surface area contributed by atoms with Crippen LogP contribution in [-0.4, -0.2) is 127 Å². The quantitative estimate of drug-likeness (QED) is 0.201. The Kier molecular flexibility index (Phi) is 12.7. The molecule has 1 aromatic rings. The first-order valence-electron chi connectivity index (χ1n) is 21.0. The molecule has 0 bridgehead atoms. The Morgan fingerprint density at radius 3 is 2.26 bits per heavy atom. The van der Waals surface area contributed by atoms with Crippen molar-refractivity contribution in [2.45, 2.75) is 154 Å². The number of nitrogens with zero attached hydrogens (tertiary/aromatic N) is 5. The molecular weight excluding hydrogens is 731 g/mol. The number of likely N-dealkylation sites (tertiary alicyclic amines) is 1. The van der Waals surface area contributed by atoms with Crippen molar-refractivity contribution in [1.82, 2.24) is 45.9 Å². The third-order valence-corrected chi connectivity index (χ3v) is 12.4. The number of ketones is 1. The molecule has 312 valence electrons. The number of rotatable bonds is 14. The van der Waals surface area contributed by atoms with Crippen molar-refractivity contribution in [2.75, 3.05) is 19.6 Å². The first kappa shape index (κ1) is 42.1. The number of hydrogen-bond acceptors (Lipinski definition) is 10. The van der Waals surface area contributed by atoms with E-state index in [1.165, 1.54) is 23.5 Å². The van der Waals surface area contributed by atoms with E-state index < -0.39 is 70.6 Å². The fourth-order valence-electron chi connectivity index (χ4n) is 9.40. The highest BCUT2D eigenvalue weighted by atomic mass is 16.2. The van der Waals surface area contributed by atoms with E-state index in [1.54, 1.807) is 4.90 Å². The summed E-state index contributed by atoms with van der Waals surface area (Å²) in [4.78, 5) is 111. The maximum Gasteiger partial charge on any atom is 0.289 e. The molecule has 57 heavy (non-hydrogen) atoms. The lowest BCUT2D eigenvalue weighted by molar-refractivity contribution is -0.145. The minimum atomic E-state index is -1.14. The topological polar surface area (TPSA) is 203 Å². The number of likely N-dealkylation sites (N-methyl/N-ethyl adjacent to an activating group) is 1. The van der Waals surface area contributed by atoms with Crippen LogP contribution in [0.3, 0.4) is 0 Å². The third kappa shape index (κ3) is 9.00. The van der Waals surface area contributed by atoms with Gasteiger partial charge in [-0.05, 0) is 69.1 Å². The number of aromatic nitrogens is 2. The second kappa shape index (κ2) is 17.2. The summed E-state index contributed by atoms with van der Waals surface area (Å²) in [6, 6.07) is -4.76. The van der Waals surface area contributed by atoms with Gasteiger partial charge in [0.05, 0.1) is 24.8 Å². The average Bonchev–Trinajstić information content (AvgIpc) is 3.60. The number of carbonyl (C=O) groups excluding carboxylic acids is 7. The molecule has 1 spiro atoms. The van der Waals surface area contributed by atoms with E-state index in [4.69, 9.17) is 0 Å². The second-order valence-corrected chi connectivity index (χ2v) is 18.2. The molecule has 3 saturated heterocycles. The van der Waals surface area contributed by atoms with Crippen LogP contribution in [0.2, 0.25) is 0 Å². The molecule has 0 radical (unpaired) electrons. The monoisotopic (exact) mass is 791 g/mol. The number of Topliss-reactive ketones (excluding diaryl/α,β-unsaturated/α-hetero) is 1. The summed E-state index contributed by atoms with van der Waals surface area (Å²) in [5.41, 5.74) is -1.77. The van der Waals surface area contributed by atoms with Crippen molar-refractivity contribution in [3.05, 3.63) is 24.3 Å².